The molecule has 0 radical (unpaired) electrons. The van der Waals surface area contributed by atoms with Crippen LogP contribution in [0.4, 0.5) is 4.39 Å². The molecule has 2 aromatic rings. The van der Waals surface area contributed by atoms with Crippen LogP contribution in [0.1, 0.15) is 77.8 Å². The van der Waals surface area contributed by atoms with Crippen molar-refractivity contribution in [2.24, 2.45) is 5.73 Å². The lowest BCUT2D eigenvalue weighted by atomic mass is 9.75. The third-order valence-corrected chi connectivity index (χ3v) is 6.39. The smallest absolute Gasteiger partial charge is 0.269 e. The molecule has 6 rings (SSSR count). The summed E-state index contributed by atoms with van der Waals surface area (Å²) in [6.45, 7) is 2.09. The van der Waals surface area contributed by atoms with Crippen molar-refractivity contribution in [1.82, 2.24) is 14.9 Å². The lowest BCUT2D eigenvalue weighted by molar-refractivity contribution is -0.126. The molecule has 1 aromatic heterocycles. The molecule has 1 atom stereocenters. The van der Waals surface area contributed by atoms with Crippen LogP contribution in [0, 0.1) is 17.7 Å². The number of carbonyl (C=O) groups is 2. The maximum atomic E-state index is 14.8. The number of halogens is 1. The van der Waals surface area contributed by atoms with E-state index in [0.29, 0.717) is 18.1 Å². The number of rotatable bonds is 4. The van der Waals surface area contributed by atoms with Gasteiger partial charge in [-0.2, -0.15) is 0 Å². The molecule has 0 spiro atoms. The Morgan fingerprint density at radius 3 is 2.74 bits per heavy atom. The molecule has 0 saturated heterocycles. The fraction of sp³-hybridized carbons (Fsp3) is 0.435. The molecule has 2 aliphatic carbocycles. The largest absolute Gasteiger partial charge is 0.372 e. The van der Waals surface area contributed by atoms with E-state index in [1.807, 2.05) is 0 Å². The van der Waals surface area contributed by atoms with Crippen molar-refractivity contribution in [1.29, 1.82) is 0 Å². The van der Waals surface area contributed by atoms with Crippen LogP contribution in [-0.4, -0.2) is 39.1 Å². The highest BCUT2D eigenvalue weighted by atomic mass is 19.1. The number of aromatic nitrogens is 2. The average molecular weight is 422 g/mol. The van der Waals surface area contributed by atoms with Crippen molar-refractivity contribution in [2.75, 3.05) is 6.54 Å². The van der Waals surface area contributed by atoms with Crippen LogP contribution in [-0.2, 0) is 4.79 Å². The van der Waals surface area contributed by atoms with E-state index in [9.17, 15) is 19.1 Å². The van der Waals surface area contributed by atoms with Gasteiger partial charge in [0.05, 0.1) is 11.3 Å². The van der Waals surface area contributed by atoms with Crippen LogP contribution < -0.4 is 11.1 Å². The first kappa shape index (κ1) is 19.8. The van der Waals surface area contributed by atoms with Gasteiger partial charge in [0.2, 0.25) is 0 Å². The van der Waals surface area contributed by atoms with Crippen molar-refractivity contribution in [2.45, 2.75) is 56.6 Å². The fourth-order valence-corrected chi connectivity index (χ4v) is 4.68. The standard InChI is InChI=1S/C23H23FN4O3/c1-2-26-23(31)18(29)6-5-12-9-16-15(10-17(12)24)13-7-14(8-13)28-20(11-3-4-11)19(21(25)30)27-22(16)28/h9-11,13-14,18,29H,2-4,7-8H2,1H3,(H2,25,30)(H,26,31)/t13?,14?,18-/m0/s1. The Hall–Kier alpha value is -3.18. The zero-order chi connectivity index (χ0) is 21.9. The number of nitrogens with one attached hydrogen (secondary N) is 1. The number of benzene rings is 1. The van der Waals surface area contributed by atoms with Gasteiger partial charge in [-0.05, 0) is 56.2 Å². The predicted molar refractivity (Wildman–Crippen MR) is 111 cm³/mol. The van der Waals surface area contributed by atoms with Crippen LogP contribution in [0.5, 0.6) is 0 Å². The molecule has 160 valence electrons. The molecule has 2 saturated carbocycles. The number of hydrogen-bond acceptors (Lipinski definition) is 4. The zero-order valence-electron chi connectivity index (χ0n) is 17.1. The van der Waals surface area contributed by atoms with Crippen LogP contribution in [0.3, 0.4) is 0 Å². The number of aliphatic hydroxyl groups excluding tert-OH is 1. The molecule has 2 bridgehead atoms. The van der Waals surface area contributed by atoms with Gasteiger partial charge in [-0.3, -0.25) is 9.59 Å². The molecular formula is C23H23FN4O3. The number of imidazole rings is 1. The molecule has 4 aliphatic rings. The molecule has 4 N–H and O–H groups in total. The van der Waals surface area contributed by atoms with Crippen molar-refractivity contribution in [3.8, 4) is 23.2 Å². The Kier molecular flexibility index (Phi) is 4.59. The second kappa shape index (κ2) is 7.20. The quantitative estimate of drug-likeness (QED) is 0.654. The summed E-state index contributed by atoms with van der Waals surface area (Å²) in [5.41, 5.74) is 8.50. The lowest BCUT2D eigenvalue weighted by Crippen LogP contribution is -2.33. The fourth-order valence-electron chi connectivity index (χ4n) is 4.68. The highest BCUT2D eigenvalue weighted by Gasteiger charge is 2.44. The molecule has 2 amide bonds. The van der Waals surface area contributed by atoms with E-state index in [0.717, 1.165) is 42.5 Å². The van der Waals surface area contributed by atoms with Gasteiger partial charge in [0.1, 0.15) is 17.3 Å². The SMILES string of the molecule is CCNC(=O)[C@@H](O)C#Cc1cc2c(cc1F)C1CC(C1)n1c-2nc(C(N)=O)c1C1CC1. The third kappa shape index (κ3) is 3.20. The number of primary amides is 1. The van der Waals surface area contributed by atoms with Gasteiger partial charge in [0.15, 0.2) is 6.10 Å². The average Bonchev–Trinajstić information content (AvgIpc) is 3.49. The van der Waals surface area contributed by atoms with E-state index in [1.54, 1.807) is 13.0 Å². The van der Waals surface area contributed by atoms with Crippen molar-refractivity contribution >= 4 is 11.8 Å². The highest BCUT2D eigenvalue weighted by Crippen LogP contribution is 2.55. The normalized spacial score (nSPS) is 21.5. The Bertz CT molecular complexity index is 1170. The molecule has 0 unspecified atom stereocenters. The minimum absolute atomic E-state index is 0.0735. The van der Waals surface area contributed by atoms with Crippen molar-refractivity contribution in [3.05, 3.63) is 40.5 Å². The number of nitrogens with zero attached hydrogens (tertiary/aromatic N) is 2. The van der Waals surface area contributed by atoms with Crippen LogP contribution in [0.2, 0.25) is 0 Å². The first-order valence-corrected chi connectivity index (χ1v) is 10.6. The number of hydrogen-bond donors (Lipinski definition) is 3. The summed E-state index contributed by atoms with van der Waals surface area (Å²) >= 11 is 0. The summed E-state index contributed by atoms with van der Waals surface area (Å²) < 4.78 is 17.0. The van der Waals surface area contributed by atoms with Crippen LogP contribution in [0.25, 0.3) is 11.4 Å². The van der Waals surface area contributed by atoms with Gasteiger partial charge in [-0.25, -0.2) is 9.37 Å². The summed E-state index contributed by atoms with van der Waals surface area (Å²) in [6, 6.07) is 3.31. The Morgan fingerprint density at radius 1 is 1.35 bits per heavy atom. The Balaban J connectivity index is 1.62. The van der Waals surface area contributed by atoms with Gasteiger partial charge < -0.3 is 20.7 Å². The van der Waals surface area contributed by atoms with Crippen molar-refractivity contribution in [3.63, 3.8) is 0 Å². The minimum Gasteiger partial charge on any atom is -0.372 e. The molecular weight excluding hydrogens is 399 g/mol. The summed E-state index contributed by atoms with van der Waals surface area (Å²) in [6.07, 6.45) is 2.21. The van der Waals surface area contributed by atoms with Gasteiger partial charge >= 0.3 is 0 Å². The molecule has 31 heavy (non-hydrogen) atoms. The predicted octanol–water partition coefficient (Wildman–Crippen LogP) is 1.95. The maximum Gasteiger partial charge on any atom is 0.269 e. The van der Waals surface area contributed by atoms with Gasteiger partial charge in [0, 0.05) is 24.1 Å². The van der Waals surface area contributed by atoms with Crippen LogP contribution >= 0.6 is 0 Å². The number of likely N-dealkylation sites (N-methyl/N-ethyl adjacent to an activating group) is 1. The number of amides is 2. The zero-order valence-corrected chi connectivity index (χ0v) is 17.1. The summed E-state index contributed by atoms with van der Waals surface area (Å²) in [7, 11) is 0. The summed E-state index contributed by atoms with van der Waals surface area (Å²) in [5, 5.41) is 12.4. The Labute approximate surface area is 178 Å². The Morgan fingerprint density at radius 2 is 2.10 bits per heavy atom. The van der Waals surface area contributed by atoms with Gasteiger partial charge in [-0.15, -0.1) is 0 Å². The van der Waals surface area contributed by atoms with E-state index >= 15 is 0 Å². The van der Waals surface area contributed by atoms with E-state index in [1.165, 1.54) is 6.07 Å². The molecule has 2 fully saturated rings. The number of nitrogens with two attached hydrogens (primary N) is 1. The van der Waals surface area contributed by atoms with Gasteiger partial charge in [-0.1, -0.05) is 11.8 Å². The molecule has 7 nitrogen and oxygen atoms in total. The minimum atomic E-state index is -1.55. The van der Waals surface area contributed by atoms with E-state index in [-0.39, 0.29) is 23.4 Å². The summed E-state index contributed by atoms with van der Waals surface area (Å²) in [5.74, 6) is 4.47. The maximum absolute atomic E-state index is 14.8. The number of carbonyl (C=O) groups excluding carboxylic acids is 2. The second-order valence-electron chi connectivity index (χ2n) is 8.49. The second-order valence-corrected chi connectivity index (χ2v) is 8.49. The molecule has 1 aromatic carbocycles. The van der Waals surface area contributed by atoms with Crippen molar-refractivity contribution < 1.29 is 19.1 Å². The van der Waals surface area contributed by atoms with E-state index < -0.39 is 23.7 Å². The van der Waals surface area contributed by atoms with E-state index in [4.69, 9.17) is 5.73 Å². The molecule has 3 heterocycles. The monoisotopic (exact) mass is 422 g/mol. The third-order valence-electron chi connectivity index (χ3n) is 6.39. The first-order chi connectivity index (χ1) is 14.9. The lowest BCUT2D eigenvalue weighted by Gasteiger charge is -2.35. The first-order valence-electron chi connectivity index (χ1n) is 10.6. The molecule has 2 aliphatic heterocycles. The topological polar surface area (TPSA) is 110 Å². The van der Waals surface area contributed by atoms with Gasteiger partial charge in [0.25, 0.3) is 11.8 Å². The van der Waals surface area contributed by atoms with Crippen LogP contribution in [0.15, 0.2) is 12.1 Å². The number of aliphatic hydroxyl groups is 1. The molecule has 8 heteroatoms. The summed E-state index contributed by atoms with van der Waals surface area (Å²) in [4.78, 5) is 28.4. The van der Waals surface area contributed by atoms with E-state index in [2.05, 4.69) is 26.7 Å². The highest BCUT2D eigenvalue weighted by molar-refractivity contribution is 5.93.